The van der Waals surface area contributed by atoms with E-state index >= 15 is 0 Å². The van der Waals surface area contributed by atoms with Crippen LogP contribution in [-0.2, 0) is 10.0 Å². The van der Waals surface area contributed by atoms with Crippen molar-refractivity contribution in [2.24, 2.45) is 11.8 Å². The molecule has 7 nitrogen and oxygen atoms in total. The van der Waals surface area contributed by atoms with E-state index in [-0.39, 0.29) is 24.2 Å². The minimum absolute atomic E-state index is 0.122. The van der Waals surface area contributed by atoms with Gasteiger partial charge in [-0.1, -0.05) is 12.5 Å². The van der Waals surface area contributed by atoms with E-state index in [9.17, 15) is 31.1 Å². The number of hydrogen-bond acceptors (Lipinski definition) is 6. The average Bonchev–Trinajstić information content (AvgIpc) is 3.48. The molecule has 0 saturated heterocycles. The van der Waals surface area contributed by atoms with Gasteiger partial charge in [0.25, 0.3) is 0 Å². The number of nitrogens with one attached hydrogen (secondary N) is 1. The lowest BCUT2D eigenvalue weighted by atomic mass is 9.80. The number of aromatic nitrogens is 1. The second kappa shape index (κ2) is 10.4. The molecule has 2 N–H and O–H groups in total. The fourth-order valence-corrected chi connectivity index (χ4v) is 7.01. The first-order chi connectivity index (χ1) is 18.4. The van der Waals surface area contributed by atoms with E-state index in [0.717, 1.165) is 32.4 Å². The van der Waals surface area contributed by atoms with Crippen molar-refractivity contribution in [2.45, 2.75) is 32.0 Å². The van der Waals surface area contributed by atoms with Crippen molar-refractivity contribution in [1.29, 1.82) is 0 Å². The summed E-state index contributed by atoms with van der Waals surface area (Å²) in [6.07, 6.45) is 1.67. The van der Waals surface area contributed by atoms with E-state index in [4.69, 9.17) is 0 Å². The topological polar surface area (TPSA) is 85.8 Å². The Morgan fingerprint density at radius 3 is 2.54 bits per heavy atom. The van der Waals surface area contributed by atoms with Crippen LogP contribution >= 0.6 is 0 Å². The largest absolute Gasteiger partial charge is 0.404 e. The van der Waals surface area contributed by atoms with E-state index in [1.165, 1.54) is 36.7 Å². The molecule has 2 heterocycles. The summed E-state index contributed by atoms with van der Waals surface area (Å²) in [5.41, 5.74) is 8.14. The average molecular weight is 565 g/mol. The van der Waals surface area contributed by atoms with Gasteiger partial charge in [0, 0.05) is 43.2 Å². The van der Waals surface area contributed by atoms with Crippen molar-refractivity contribution >= 4 is 15.7 Å². The zero-order valence-corrected chi connectivity index (χ0v) is 21.9. The van der Waals surface area contributed by atoms with Crippen LogP contribution in [0.25, 0.3) is 0 Å². The monoisotopic (exact) mass is 564 g/mol. The molecule has 1 aromatic heterocycles. The number of rotatable bonds is 8. The number of sulfonamides is 1. The van der Waals surface area contributed by atoms with Crippen LogP contribution in [0.1, 0.15) is 31.4 Å². The van der Waals surface area contributed by atoms with Crippen LogP contribution in [0.4, 0.5) is 23.2 Å². The van der Waals surface area contributed by atoms with E-state index in [2.05, 4.69) is 10.4 Å². The number of hydrazine groups is 1. The molecule has 1 unspecified atom stereocenters. The molecule has 2 aliphatic carbocycles. The number of allylic oxidation sites excluding steroid dienone is 3. The molecule has 3 aliphatic rings. The van der Waals surface area contributed by atoms with Gasteiger partial charge in [0.05, 0.1) is 17.5 Å². The lowest BCUT2D eigenvalue weighted by Crippen LogP contribution is -2.43. The zero-order valence-electron chi connectivity index (χ0n) is 21.1. The van der Waals surface area contributed by atoms with Crippen molar-refractivity contribution in [3.8, 4) is 0 Å². The lowest BCUT2D eigenvalue weighted by molar-refractivity contribution is -0.107. The molecule has 0 bridgehead atoms. The standard InChI is InChI=1S/C27H28F4N4O3S/c1-17-23-13-33-35(22-6-4-21(28)5-7-22)24(23)12-19-2-3-20(26(17)19)14-34(39(37,38)16-27(29,30)31)15-25(36)18-8-10-32-11-9-18/h4-13,17,20,25,33,36H,2-3,14-16H2,1H3/t17-,20+,25?/m0/s1. The first-order valence-corrected chi connectivity index (χ1v) is 14.1. The van der Waals surface area contributed by atoms with Gasteiger partial charge in [-0.05, 0) is 72.4 Å². The molecule has 12 heteroatoms. The Morgan fingerprint density at radius 2 is 1.87 bits per heavy atom. The van der Waals surface area contributed by atoms with Gasteiger partial charge in [0.2, 0.25) is 10.0 Å². The number of anilines is 1. The normalized spacial score (nSPS) is 21.9. The second-order valence-electron chi connectivity index (χ2n) is 9.99. The molecule has 0 spiro atoms. The maximum atomic E-state index is 13.4. The molecule has 0 radical (unpaired) electrons. The van der Waals surface area contributed by atoms with Crippen molar-refractivity contribution < 1.29 is 31.1 Å². The maximum absolute atomic E-state index is 13.4. The highest BCUT2D eigenvalue weighted by molar-refractivity contribution is 7.89. The van der Waals surface area contributed by atoms with Gasteiger partial charge in [-0.15, -0.1) is 0 Å². The van der Waals surface area contributed by atoms with Crippen LogP contribution in [0, 0.1) is 17.7 Å². The molecule has 0 amide bonds. The SMILES string of the molecule is C[C@H]1C2=CNN(c3ccc(F)cc3)C2=CC2=C1[C@@H](CN(CC(O)c1ccncc1)S(=O)(=O)CC(F)(F)F)CC2. The number of pyridine rings is 1. The molecule has 208 valence electrons. The summed E-state index contributed by atoms with van der Waals surface area (Å²) in [5.74, 6) is -2.79. The van der Waals surface area contributed by atoms with E-state index < -0.39 is 34.6 Å². The minimum Gasteiger partial charge on any atom is -0.387 e. The van der Waals surface area contributed by atoms with Crippen molar-refractivity contribution in [2.75, 3.05) is 23.9 Å². The number of aliphatic hydroxyl groups excluding tert-OH is 1. The first kappa shape index (κ1) is 27.4. The van der Waals surface area contributed by atoms with Gasteiger partial charge < -0.3 is 10.5 Å². The molecule has 0 fully saturated rings. The van der Waals surface area contributed by atoms with Gasteiger partial charge in [-0.2, -0.15) is 17.5 Å². The third kappa shape index (κ3) is 5.73. The van der Waals surface area contributed by atoms with Crippen LogP contribution in [0.5, 0.6) is 0 Å². The van der Waals surface area contributed by atoms with Crippen LogP contribution in [-0.4, -0.2) is 47.8 Å². The first-order valence-electron chi connectivity index (χ1n) is 12.5. The van der Waals surface area contributed by atoms with Gasteiger partial charge >= 0.3 is 6.18 Å². The summed E-state index contributed by atoms with van der Waals surface area (Å²) in [6.45, 7) is 1.32. The number of halogens is 4. The Morgan fingerprint density at radius 1 is 1.18 bits per heavy atom. The predicted octanol–water partition coefficient (Wildman–Crippen LogP) is 4.60. The number of alkyl halides is 3. The minimum atomic E-state index is -4.92. The number of nitrogens with zero attached hydrogens (tertiary/aromatic N) is 3. The predicted molar refractivity (Wildman–Crippen MR) is 138 cm³/mol. The number of fused-ring (bicyclic) bond motifs is 1. The molecule has 3 atom stereocenters. The Labute approximate surface area is 224 Å². The molecular weight excluding hydrogens is 536 g/mol. The molecule has 1 aromatic carbocycles. The summed E-state index contributed by atoms with van der Waals surface area (Å²) in [7, 11) is -4.76. The number of benzene rings is 1. The third-order valence-electron chi connectivity index (χ3n) is 7.42. The summed E-state index contributed by atoms with van der Waals surface area (Å²) in [5, 5.41) is 12.5. The Bertz CT molecular complexity index is 1420. The summed E-state index contributed by atoms with van der Waals surface area (Å²) >= 11 is 0. The number of hydrogen-bond donors (Lipinski definition) is 2. The Kier molecular flexibility index (Phi) is 7.29. The quantitative estimate of drug-likeness (QED) is 0.456. The van der Waals surface area contributed by atoms with E-state index in [1.807, 2.05) is 24.2 Å². The Balaban J connectivity index is 1.42. The summed E-state index contributed by atoms with van der Waals surface area (Å²) < 4.78 is 79.8. The maximum Gasteiger partial charge on any atom is 0.404 e. The van der Waals surface area contributed by atoms with Gasteiger partial charge in [-0.3, -0.25) is 9.99 Å². The fraction of sp³-hybridized carbons (Fsp3) is 0.370. The van der Waals surface area contributed by atoms with Crippen LogP contribution in [0.15, 0.2) is 83.5 Å². The molecule has 39 heavy (non-hydrogen) atoms. The Hall–Kier alpha value is -3.22. The van der Waals surface area contributed by atoms with E-state index in [1.54, 1.807) is 12.1 Å². The zero-order chi connectivity index (χ0) is 27.9. The third-order valence-corrected chi connectivity index (χ3v) is 9.20. The molecular formula is C27H28F4N4O3S. The highest BCUT2D eigenvalue weighted by Gasteiger charge is 2.43. The lowest BCUT2D eigenvalue weighted by Gasteiger charge is -2.32. The molecule has 1 aliphatic heterocycles. The second-order valence-corrected chi connectivity index (χ2v) is 12.0. The van der Waals surface area contributed by atoms with Crippen molar-refractivity contribution in [3.63, 3.8) is 0 Å². The summed E-state index contributed by atoms with van der Waals surface area (Å²) in [6, 6.07) is 9.05. The van der Waals surface area contributed by atoms with Gasteiger partial charge in [0.15, 0.2) is 5.75 Å². The highest BCUT2D eigenvalue weighted by Crippen LogP contribution is 2.48. The van der Waals surface area contributed by atoms with Gasteiger partial charge in [0.1, 0.15) is 5.82 Å². The fourth-order valence-electron chi connectivity index (χ4n) is 5.64. The van der Waals surface area contributed by atoms with Crippen molar-refractivity contribution in [3.05, 3.63) is 94.9 Å². The molecule has 2 aromatic rings. The molecule has 0 saturated carbocycles. The number of aliphatic hydroxyl groups is 1. The van der Waals surface area contributed by atoms with E-state index in [0.29, 0.717) is 18.4 Å². The van der Waals surface area contributed by atoms with Crippen molar-refractivity contribution in [1.82, 2.24) is 14.7 Å². The van der Waals surface area contributed by atoms with Crippen LogP contribution in [0.2, 0.25) is 0 Å². The molecule has 5 rings (SSSR count). The highest BCUT2D eigenvalue weighted by atomic mass is 32.2. The summed E-state index contributed by atoms with van der Waals surface area (Å²) in [4.78, 5) is 3.86. The smallest absolute Gasteiger partial charge is 0.387 e. The van der Waals surface area contributed by atoms with Gasteiger partial charge in [-0.25, -0.2) is 12.8 Å². The van der Waals surface area contributed by atoms with Crippen LogP contribution < -0.4 is 10.4 Å². The van der Waals surface area contributed by atoms with Crippen LogP contribution in [0.3, 0.4) is 0 Å².